The smallest absolute Gasteiger partial charge is 0.131 e. The first-order chi connectivity index (χ1) is 9.13. The van der Waals surface area contributed by atoms with Crippen molar-refractivity contribution < 1.29 is 13.5 Å². The van der Waals surface area contributed by atoms with Gasteiger partial charge in [0.2, 0.25) is 0 Å². The van der Waals surface area contributed by atoms with Crippen LogP contribution in [0.1, 0.15) is 37.3 Å². The van der Waals surface area contributed by atoms with Crippen LogP contribution in [0.15, 0.2) is 41.0 Å². The number of rotatable bonds is 5. The minimum absolute atomic E-state index is 0.00527. The first-order valence-corrected chi connectivity index (χ1v) is 6.25. The second-order valence-electron chi connectivity index (χ2n) is 4.48. The summed E-state index contributed by atoms with van der Waals surface area (Å²) in [5.74, 6) is 1.10. The van der Waals surface area contributed by atoms with Gasteiger partial charge in [0.05, 0.1) is 19.4 Å². The Kier molecular flexibility index (Phi) is 4.22. The van der Waals surface area contributed by atoms with Gasteiger partial charge in [0.1, 0.15) is 17.3 Å². The fourth-order valence-corrected chi connectivity index (χ4v) is 2.19. The molecule has 102 valence electrons. The van der Waals surface area contributed by atoms with E-state index in [9.17, 15) is 4.39 Å². The first kappa shape index (κ1) is 13.6. The summed E-state index contributed by atoms with van der Waals surface area (Å²) in [5, 5.41) is 3.30. The van der Waals surface area contributed by atoms with Crippen LogP contribution < -0.4 is 10.1 Å². The van der Waals surface area contributed by atoms with E-state index in [2.05, 4.69) is 5.32 Å². The lowest BCUT2D eigenvalue weighted by Gasteiger charge is -2.21. The molecule has 0 saturated carbocycles. The predicted molar refractivity (Wildman–Crippen MR) is 71.6 cm³/mol. The lowest BCUT2D eigenvalue weighted by atomic mass is 10.1. The van der Waals surface area contributed by atoms with Gasteiger partial charge in [0.15, 0.2) is 0 Å². The van der Waals surface area contributed by atoms with Crippen LogP contribution >= 0.6 is 0 Å². The van der Waals surface area contributed by atoms with Crippen LogP contribution in [0.4, 0.5) is 4.39 Å². The molecule has 1 N–H and O–H groups in total. The van der Waals surface area contributed by atoms with Crippen LogP contribution in [-0.4, -0.2) is 7.11 Å². The molecule has 0 bridgehead atoms. The number of hydrogen-bond donors (Lipinski definition) is 1. The molecular formula is C15H18FNO2. The number of halogens is 1. The molecule has 2 aromatic rings. The van der Waals surface area contributed by atoms with Gasteiger partial charge in [-0.15, -0.1) is 0 Å². The van der Waals surface area contributed by atoms with Gasteiger partial charge >= 0.3 is 0 Å². The Morgan fingerprint density at radius 1 is 1.16 bits per heavy atom. The van der Waals surface area contributed by atoms with E-state index < -0.39 is 0 Å². The Labute approximate surface area is 112 Å². The van der Waals surface area contributed by atoms with Crippen LogP contribution in [0.3, 0.4) is 0 Å². The highest BCUT2D eigenvalue weighted by Gasteiger charge is 2.19. The van der Waals surface area contributed by atoms with Gasteiger partial charge in [-0.2, -0.15) is 0 Å². The number of furan rings is 1. The fourth-order valence-electron chi connectivity index (χ4n) is 2.19. The van der Waals surface area contributed by atoms with E-state index in [0.29, 0.717) is 11.3 Å². The summed E-state index contributed by atoms with van der Waals surface area (Å²) in [4.78, 5) is 0. The van der Waals surface area contributed by atoms with Crippen molar-refractivity contribution >= 4 is 0 Å². The van der Waals surface area contributed by atoms with Crippen LogP contribution in [0, 0.1) is 5.82 Å². The van der Waals surface area contributed by atoms with Crippen molar-refractivity contribution in [3.63, 3.8) is 0 Å². The third-order valence-electron chi connectivity index (χ3n) is 3.14. The molecule has 0 fully saturated rings. The number of benzene rings is 1. The summed E-state index contributed by atoms with van der Waals surface area (Å²) in [6, 6.07) is 8.37. The molecule has 2 unspecified atom stereocenters. The van der Waals surface area contributed by atoms with Crippen molar-refractivity contribution in [2.45, 2.75) is 25.9 Å². The van der Waals surface area contributed by atoms with Gasteiger partial charge in [0.25, 0.3) is 0 Å². The van der Waals surface area contributed by atoms with E-state index in [0.717, 1.165) is 5.76 Å². The quantitative estimate of drug-likeness (QED) is 0.890. The number of hydrogen-bond acceptors (Lipinski definition) is 3. The standard InChI is InChI=1S/C15H18FNO2/c1-10(13-8-5-9-19-13)17-11(2)15-12(16)6-4-7-14(15)18-3/h4-11,17H,1-3H3. The van der Waals surface area contributed by atoms with Crippen LogP contribution in [0.5, 0.6) is 5.75 Å². The topological polar surface area (TPSA) is 34.4 Å². The summed E-state index contributed by atoms with van der Waals surface area (Å²) in [5.41, 5.74) is 0.531. The molecule has 0 aliphatic heterocycles. The average molecular weight is 263 g/mol. The summed E-state index contributed by atoms with van der Waals surface area (Å²) < 4.78 is 24.5. The first-order valence-electron chi connectivity index (χ1n) is 6.25. The normalized spacial score (nSPS) is 14.1. The van der Waals surface area contributed by atoms with Gasteiger partial charge in [-0.05, 0) is 38.1 Å². The van der Waals surface area contributed by atoms with E-state index in [1.807, 2.05) is 26.0 Å². The van der Waals surface area contributed by atoms with E-state index in [1.54, 1.807) is 25.5 Å². The molecule has 4 heteroatoms. The van der Waals surface area contributed by atoms with Crippen molar-refractivity contribution in [1.29, 1.82) is 0 Å². The molecule has 0 aliphatic carbocycles. The van der Waals surface area contributed by atoms with Crippen molar-refractivity contribution in [1.82, 2.24) is 5.32 Å². The largest absolute Gasteiger partial charge is 0.496 e. The SMILES string of the molecule is COc1cccc(F)c1C(C)NC(C)c1ccco1. The van der Waals surface area contributed by atoms with Crippen molar-refractivity contribution in [3.8, 4) is 5.75 Å². The molecule has 3 nitrogen and oxygen atoms in total. The second kappa shape index (κ2) is 5.89. The maximum absolute atomic E-state index is 13.9. The highest BCUT2D eigenvalue weighted by molar-refractivity contribution is 5.37. The molecule has 0 spiro atoms. The second-order valence-corrected chi connectivity index (χ2v) is 4.48. The molecule has 2 rings (SSSR count). The summed E-state index contributed by atoms with van der Waals surface area (Å²) in [7, 11) is 1.54. The number of ether oxygens (including phenoxy) is 1. The number of nitrogens with one attached hydrogen (secondary N) is 1. The minimum atomic E-state index is -0.272. The lowest BCUT2D eigenvalue weighted by molar-refractivity contribution is 0.371. The molecule has 0 radical (unpaired) electrons. The highest BCUT2D eigenvalue weighted by atomic mass is 19.1. The van der Waals surface area contributed by atoms with E-state index in [-0.39, 0.29) is 17.9 Å². The Bertz CT molecular complexity index is 525. The zero-order valence-corrected chi connectivity index (χ0v) is 11.3. The lowest BCUT2D eigenvalue weighted by Crippen LogP contribution is -2.23. The molecule has 19 heavy (non-hydrogen) atoms. The molecule has 0 aliphatic rings. The summed E-state index contributed by atoms with van der Waals surface area (Å²) >= 11 is 0. The van der Waals surface area contributed by atoms with E-state index in [1.165, 1.54) is 6.07 Å². The molecule has 1 aromatic heterocycles. The minimum Gasteiger partial charge on any atom is -0.496 e. The number of methoxy groups -OCH3 is 1. The maximum atomic E-state index is 13.9. The van der Waals surface area contributed by atoms with Crippen molar-refractivity contribution in [2.24, 2.45) is 0 Å². The monoisotopic (exact) mass is 263 g/mol. The Hall–Kier alpha value is -1.81. The van der Waals surface area contributed by atoms with Crippen molar-refractivity contribution in [3.05, 3.63) is 53.7 Å². The zero-order chi connectivity index (χ0) is 13.8. The zero-order valence-electron chi connectivity index (χ0n) is 11.3. The maximum Gasteiger partial charge on any atom is 0.131 e. The molecule has 1 aromatic carbocycles. The van der Waals surface area contributed by atoms with Gasteiger partial charge in [-0.25, -0.2) is 4.39 Å². The summed E-state index contributed by atoms with van der Waals surface area (Å²) in [6.07, 6.45) is 1.63. The van der Waals surface area contributed by atoms with Crippen LogP contribution in [0.2, 0.25) is 0 Å². The van der Waals surface area contributed by atoms with E-state index in [4.69, 9.17) is 9.15 Å². The van der Waals surface area contributed by atoms with Gasteiger partial charge < -0.3 is 14.5 Å². The molecule has 1 heterocycles. The fraction of sp³-hybridized carbons (Fsp3) is 0.333. The Morgan fingerprint density at radius 2 is 1.95 bits per heavy atom. The molecule has 2 atom stereocenters. The predicted octanol–water partition coefficient (Wildman–Crippen LogP) is 3.84. The Balaban J connectivity index is 2.18. The van der Waals surface area contributed by atoms with Gasteiger partial charge in [-0.1, -0.05) is 6.07 Å². The molecular weight excluding hydrogens is 245 g/mol. The van der Waals surface area contributed by atoms with Crippen LogP contribution in [0.25, 0.3) is 0 Å². The third-order valence-corrected chi connectivity index (χ3v) is 3.14. The summed E-state index contributed by atoms with van der Waals surface area (Å²) in [6.45, 7) is 3.88. The van der Waals surface area contributed by atoms with Crippen LogP contribution in [-0.2, 0) is 0 Å². The van der Waals surface area contributed by atoms with E-state index >= 15 is 0 Å². The van der Waals surface area contributed by atoms with Gasteiger partial charge in [-0.3, -0.25) is 0 Å². The molecule has 0 amide bonds. The highest BCUT2D eigenvalue weighted by Crippen LogP contribution is 2.29. The molecule has 0 saturated heterocycles. The third kappa shape index (κ3) is 2.96. The van der Waals surface area contributed by atoms with Gasteiger partial charge in [0, 0.05) is 11.6 Å². The Morgan fingerprint density at radius 3 is 2.58 bits per heavy atom. The van der Waals surface area contributed by atoms with Crippen molar-refractivity contribution in [2.75, 3.05) is 7.11 Å². The average Bonchev–Trinajstić information content (AvgIpc) is 2.92.